The number of nitrogens with one attached hydrogen (secondary N) is 1. The average Bonchev–Trinajstić information content (AvgIpc) is 3.34. The van der Waals surface area contributed by atoms with Gasteiger partial charge in [-0.1, -0.05) is 42.5 Å². The standard InChI is InChI=1S/C30H32N4O3S/c1-30(2,3)37-29(36)34-18-16-33(17-19-34)20-22-12-9-15-25-26(22)32-28(38-25)23-13-7-8-14-24(23)31-27(35)21-10-5-4-6-11-21/h4-15H,16-20H2,1-3H3,(H,31,35). The van der Waals surface area contributed by atoms with Crippen molar-refractivity contribution in [2.45, 2.75) is 32.9 Å². The third kappa shape index (κ3) is 6.03. The van der Waals surface area contributed by atoms with E-state index in [9.17, 15) is 9.59 Å². The Morgan fingerprint density at radius 2 is 1.63 bits per heavy atom. The molecular formula is C30H32N4O3S. The largest absolute Gasteiger partial charge is 0.444 e. The zero-order chi connectivity index (χ0) is 26.7. The zero-order valence-electron chi connectivity index (χ0n) is 21.9. The van der Waals surface area contributed by atoms with Crippen LogP contribution >= 0.6 is 11.3 Å². The van der Waals surface area contributed by atoms with Gasteiger partial charge in [-0.15, -0.1) is 11.3 Å². The van der Waals surface area contributed by atoms with Gasteiger partial charge in [0.2, 0.25) is 0 Å². The Kier molecular flexibility index (Phi) is 7.44. The number of amides is 2. The van der Waals surface area contributed by atoms with Crippen LogP contribution < -0.4 is 5.32 Å². The Morgan fingerprint density at radius 3 is 2.37 bits per heavy atom. The minimum atomic E-state index is -0.491. The molecule has 1 saturated heterocycles. The summed E-state index contributed by atoms with van der Waals surface area (Å²) in [5.74, 6) is -0.148. The second kappa shape index (κ2) is 10.9. The van der Waals surface area contributed by atoms with Gasteiger partial charge in [0, 0.05) is 43.9 Å². The SMILES string of the molecule is CC(C)(C)OC(=O)N1CCN(Cc2cccc3sc(-c4ccccc4NC(=O)c4ccccc4)nc23)CC1. The van der Waals surface area contributed by atoms with Gasteiger partial charge in [-0.25, -0.2) is 9.78 Å². The Hall–Kier alpha value is -3.75. The molecule has 0 unspecified atom stereocenters. The van der Waals surface area contributed by atoms with Crippen LogP contribution in [0.5, 0.6) is 0 Å². The van der Waals surface area contributed by atoms with Crippen molar-refractivity contribution in [3.63, 3.8) is 0 Å². The maximum atomic E-state index is 12.8. The first-order chi connectivity index (χ1) is 18.3. The normalized spacial score (nSPS) is 14.4. The number of hydrogen-bond acceptors (Lipinski definition) is 6. The monoisotopic (exact) mass is 528 g/mol. The number of benzene rings is 3. The van der Waals surface area contributed by atoms with Crippen molar-refractivity contribution in [2.24, 2.45) is 0 Å². The Morgan fingerprint density at radius 1 is 0.921 bits per heavy atom. The number of carbonyl (C=O) groups excluding carboxylic acids is 2. The average molecular weight is 529 g/mol. The van der Waals surface area contributed by atoms with Gasteiger partial charge in [-0.3, -0.25) is 9.69 Å². The molecule has 7 nitrogen and oxygen atoms in total. The summed E-state index contributed by atoms with van der Waals surface area (Å²) in [6.45, 7) is 9.26. The van der Waals surface area contributed by atoms with Gasteiger partial charge in [0.1, 0.15) is 10.6 Å². The predicted molar refractivity (Wildman–Crippen MR) is 153 cm³/mol. The number of piperazine rings is 1. The number of aromatic nitrogens is 1. The molecule has 1 fully saturated rings. The molecule has 1 aliphatic rings. The van der Waals surface area contributed by atoms with Crippen molar-refractivity contribution in [3.05, 3.63) is 83.9 Å². The lowest BCUT2D eigenvalue weighted by molar-refractivity contribution is 0.0139. The molecular weight excluding hydrogens is 496 g/mol. The molecule has 196 valence electrons. The molecule has 8 heteroatoms. The van der Waals surface area contributed by atoms with Gasteiger partial charge in [-0.2, -0.15) is 0 Å². The summed E-state index contributed by atoms with van der Waals surface area (Å²) in [5, 5.41) is 3.92. The molecule has 2 heterocycles. The number of nitrogens with zero attached hydrogens (tertiary/aromatic N) is 3. The molecule has 38 heavy (non-hydrogen) atoms. The maximum Gasteiger partial charge on any atom is 0.410 e. The van der Waals surface area contributed by atoms with Crippen molar-refractivity contribution in [2.75, 3.05) is 31.5 Å². The van der Waals surface area contributed by atoms with Gasteiger partial charge < -0.3 is 15.0 Å². The minimum Gasteiger partial charge on any atom is -0.444 e. The molecule has 4 aromatic rings. The van der Waals surface area contributed by atoms with Gasteiger partial charge in [0.25, 0.3) is 5.91 Å². The Bertz CT molecular complexity index is 1440. The van der Waals surface area contributed by atoms with Crippen LogP contribution in [-0.2, 0) is 11.3 Å². The van der Waals surface area contributed by atoms with Gasteiger partial charge in [0.15, 0.2) is 0 Å². The highest BCUT2D eigenvalue weighted by molar-refractivity contribution is 7.21. The number of fused-ring (bicyclic) bond motifs is 1. The number of hydrogen-bond donors (Lipinski definition) is 1. The Balaban J connectivity index is 1.32. The highest BCUT2D eigenvalue weighted by atomic mass is 32.1. The summed E-state index contributed by atoms with van der Waals surface area (Å²) in [5.41, 5.74) is 3.89. The number of anilines is 1. The van der Waals surface area contributed by atoms with Crippen LogP contribution in [0.25, 0.3) is 20.8 Å². The first kappa shape index (κ1) is 25.9. The number of ether oxygens (including phenoxy) is 1. The molecule has 0 atom stereocenters. The quantitative estimate of drug-likeness (QED) is 0.331. The van der Waals surface area contributed by atoms with Crippen molar-refractivity contribution >= 4 is 39.2 Å². The second-order valence-corrected chi connectivity index (χ2v) is 11.4. The highest BCUT2D eigenvalue weighted by Crippen LogP contribution is 2.36. The topological polar surface area (TPSA) is 74.8 Å². The molecule has 1 aliphatic heterocycles. The van der Waals surface area contributed by atoms with Crippen molar-refractivity contribution in [1.82, 2.24) is 14.8 Å². The molecule has 0 saturated carbocycles. The molecule has 3 aromatic carbocycles. The van der Waals surface area contributed by atoms with E-state index in [1.54, 1.807) is 28.4 Å². The van der Waals surface area contributed by atoms with E-state index in [0.29, 0.717) is 18.7 Å². The molecule has 1 aromatic heterocycles. The van der Waals surface area contributed by atoms with E-state index in [2.05, 4.69) is 28.4 Å². The fourth-order valence-corrected chi connectivity index (χ4v) is 5.52. The van der Waals surface area contributed by atoms with E-state index >= 15 is 0 Å². The fourth-order valence-electron chi connectivity index (χ4n) is 4.47. The molecule has 0 radical (unpaired) electrons. The predicted octanol–water partition coefficient (Wildman–Crippen LogP) is 6.27. The molecule has 0 bridgehead atoms. The minimum absolute atomic E-state index is 0.148. The summed E-state index contributed by atoms with van der Waals surface area (Å²) in [7, 11) is 0. The van der Waals surface area contributed by atoms with E-state index in [-0.39, 0.29) is 12.0 Å². The number of thiazole rings is 1. The zero-order valence-corrected chi connectivity index (χ0v) is 22.8. The van der Waals surface area contributed by atoms with E-state index in [1.807, 2.05) is 63.2 Å². The number of para-hydroxylation sites is 2. The highest BCUT2D eigenvalue weighted by Gasteiger charge is 2.26. The molecule has 0 aliphatic carbocycles. The van der Waals surface area contributed by atoms with Crippen LogP contribution in [0.1, 0.15) is 36.7 Å². The summed E-state index contributed by atoms with van der Waals surface area (Å²) >= 11 is 1.62. The van der Waals surface area contributed by atoms with E-state index < -0.39 is 5.60 Å². The van der Waals surface area contributed by atoms with Crippen LogP contribution in [0.15, 0.2) is 72.8 Å². The van der Waals surface area contributed by atoms with Crippen molar-refractivity contribution < 1.29 is 14.3 Å². The third-order valence-corrected chi connectivity index (χ3v) is 7.42. The summed E-state index contributed by atoms with van der Waals surface area (Å²) in [6.07, 6.45) is -0.249. The third-order valence-electron chi connectivity index (χ3n) is 6.36. The van der Waals surface area contributed by atoms with Crippen LogP contribution in [0, 0.1) is 0 Å². The van der Waals surface area contributed by atoms with Crippen LogP contribution in [-0.4, -0.2) is 58.6 Å². The van der Waals surface area contributed by atoms with Gasteiger partial charge in [-0.05, 0) is 56.7 Å². The van der Waals surface area contributed by atoms with E-state index in [0.717, 1.165) is 51.7 Å². The van der Waals surface area contributed by atoms with Gasteiger partial charge >= 0.3 is 6.09 Å². The van der Waals surface area contributed by atoms with Crippen molar-refractivity contribution in [3.8, 4) is 10.6 Å². The summed E-state index contributed by atoms with van der Waals surface area (Å²) < 4.78 is 6.63. The van der Waals surface area contributed by atoms with E-state index in [1.165, 1.54) is 0 Å². The smallest absolute Gasteiger partial charge is 0.410 e. The lowest BCUT2D eigenvalue weighted by Crippen LogP contribution is -2.49. The Labute approximate surface area is 227 Å². The lowest BCUT2D eigenvalue weighted by Gasteiger charge is -2.35. The number of rotatable bonds is 5. The second-order valence-electron chi connectivity index (χ2n) is 10.4. The lowest BCUT2D eigenvalue weighted by atomic mass is 10.1. The van der Waals surface area contributed by atoms with Crippen LogP contribution in [0.3, 0.4) is 0 Å². The maximum absolute atomic E-state index is 12.8. The molecule has 5 rings (SSSR count). The molecule has 2 amide bonds. The summed E-state index contributed by atoms with van der Waals surface area (Å²) in [4.78, 5) is 34.4. The van der Waals surface area contributed by atoms with E-state index in [4.69, 9.17) is 9.72 Å². The first-order valence-corrected chi connectivity index (χ1v) is 13.6. The fraction of sp³-hybridized carbons (Fsp3) is 0.300. The molecule has 0 spiro atoms. The van der Waals surface area contributed by atoms with Crippen LogP contribution in [0.2, 0.25) is 0 Å². The summed E-state index contributed by atoms with van der Waals surface area (Å²) in [6, 6.07) is 23.3. The molecule has 1 N–H and O–H groups in total. The first-order valence-electron chi connectivity index (χ1n) is 12.8. The van der Waals surface area contributed by atoms with Crippen LogP contribution in [0.4, 0.5) is 10.5 Å². The number of carbonyl (C=O) groups is 2. The van der Waals surface area contributed by atoms with Crippen molar-refractivity contribution in [1.29, 1.82) is 0 Å². The van der Waals surface area contributed by atoms with Gasteiger partial charge in [0.05, 0.1) is 15.9 Å².